The van der Waals surface area contributed by atoms with Crippen LogP contribution in [-0.2, 0) is 20.7 Å². The average Bonchev–Trinajstić information content (AvgIpc) is 2.99. The molecule has 0 aliphatic rings. The summed E-state index contributed by atoms with van der Waals surface area (Å²) in [5, 5.41) is 3.43. The minimum atomic E-state index is -0.890. The maximum Gasteiger partial charge on any atom is 0.408 e. The quantitative estimate of drug-likeness (QED) is 0.601. The predicted octanol–water partition coefficient (Wildman–Crippen LogP) is 2.79. The molecular formula is C20H24N2O5. The third kappa shape index (κ3) is 5.68. The Kier molecular flexibility index (Phi) is 6.35. The lowest BCUT2D eigenvalue weighted by Crippen LogP contribution is -2.45. The lowest BCUT2D eigenvalue weighted by Gasteiger charge is -2.22. The largest absolute Gasteiger partial charge is 0.481 e. The summed E-state index contributed by atoms with van der Waals surface area (Å²) in [5.41, 5.74) is 1.02. The number of fused-ring (bicyclic) bond motifs is 1. The zero-order valence-corrected chi connectivity index (χ0v) is 15.9. The van der Waals surface area contributed by atoms with Crippen molar-refractivity contribution in [2.75, 3.05) is 13.7 Å². The third-order valence-electron chi connectivity index (χ3n) is 3.66. The van der Waals surface area contributed by atoms with Crippen LogP contribution in [0.2, 0.25) is 0 Å². The Morgan fingerprint density at radius 2 is 2.07 bits per heavy atom. The number of alkyl carbamates (subject to hydrolysis) is 1. The second-order valence-corrected chi connectivity index (χ2v) is 6.94. The molecule has 1 amide bonds. The van der Waals surface area contributed by atoms with E-state index in [2.05, 4.69) is 16.2 Å². The summed E-state index contributed by atoms with van der Waals surface area (Å²) in [4.78, 5) is 27.3. The molecule has 2 N–H and O–H groups in total. The number of aromatic amines is 1. The Morgan fingerprint density at radius 1 is 1.33 bits per heavy atom. The summed E-state index contributed by atoms with van der Waals surface area (Å²) in [6.07, 6.45) is 6.54. The van der Waals surface area contributed by atoms with Crippen LogP contribution in [0.15, 0.2) is 24.4 Å². The first kappa shape index (κ1) is 20.2. The van der Waals surface area contributed by atoms with Gasteiger partial charge in [0.15, 0.2) is 0 Å². The molecule has 144 valence electrons. The highest BCUT2D eigenvalue weighted by Crippen LogP contribution is 2.25. The molecular weight excluding hydrogens is 348 g/mol. The number of amides is 1. The molecule has 7 heteroatoms. The van der Waals surface area contributed by atoms with Crippen LogP contribution in [-0.4, -0.2) is 42.4 Å². The van der Waals surface area contributed by atoms with E-state index in [1.165, 1.54) is 7.11 Å². The first-order valence-electron chi connectivity index (χ1n) is 8.47. The van der Waals surface area contributed by atoms with Crippen LogP contribution in [0.3, 0.4) is 0 Å². The van der Waals surface area contributed by atoms with E-state index in [1.807, 2.05) is 12.1 Å². The van der Waals surface area contributed by atoms with Gasteiger partial charge >= 0.3 is 12.1 Å². The molecule has 0 radical (unpaired) electrons. The van der Waals surface area contributed by atoms with Gasteiger partial charge in [-0.3, -0.25) is 0 Å². The van der Waals surface area contributed by atoms with Crippen molar-refractivity contribution in [1.82, 2.24) is 10.3 Å². The normalized spacial score (nSPS) is 12.1. The standard InChI is InChI=1S/C20H24N2O5/c1-6-9-26-14-7-8-16-15(11-14)13(12-21-16)10-17(18(23)25-5)22-19(24)27-20(2,3)4/h1,7-8,11-12,17,21H,9-10H2,2-5H3,(H,22,24). The van der Waals surface area contributed by atoms with Gasteiger partial charge in [0, 0.05) is 23.5 Å². The molecule has 0 bridgehead atoms. The van der Waals surface area contributed by atoms with Crippen molar-refractivity contribution in [3.8, 4) is 18.1 Å². The number of carbonyl (C=O) groups is 2. The molecule has 2 rings (SSSR count). The van der Waals surface area contributed by atoms with Gasteiger partial charge in [-0.15, -0.1) is 6.42 Å². The molecule has 0 saturated carbocycles. The van der Waals surface area contributed by atoms with Crippen LogP contribution in [0.1, 0.15) is 26.3 Å². The molecule has 1 unspecified atom stereocenters. The van der Waals surface area contributed by atoms with E-state index in [-0.39, 0.29) is 13.0 Å². The lowest BCUT2D eigenvalue weighted by atomic mass is 10.0. The number of rotatable bonds is 6. The number of hydrogen-bond donors (Lipinski definition) is 2. The van der Waals surface area contributed by atoms with Crippen LogP contribution in [0.5, 0.6) is 5.75 Å². The second-order valence-electron chi connectivity index (χ2n) is 6.94. The number of terminal acetylenes is 1. The van der Waals surface area contributed by atoms with Gasteiger partial charge in [0.05, 0.1) is 7.11 Å². The predicted molar refractivity (Wildman–Crippen MR) is 102 cm³/mol. The van der Waals surface area contributed by atoms with Crippen molar-refractivity contribution < 1.29 is 23.8 Å². The van der Waals surface area contributed by atoms with Gasteiger partial charge in [0.1, 0.15) is 24.0 Å². The van der Waals surface area contributed by atoms with Crippen LogP contribution in [0.4, 0.5) is 4.79 Å². The molecule has 27 heavy (non-hydrogen) atoms. The molecule has 0 spiro atoms. The fourth-order valence-electron chi connectivity index (χ4n) is 2.55. The Bertz CT molecular complexity index is 857. The summed E-state index contributed by atoms with van der Waals surface area (Å²) < 4.78 is 15.5. The topological polar surface area (TPSA) is 89.6 Å². The number of aromatic nitrogens is 1. The van der Waals surface area contributed by atoms with E-state index in [0.29, 0.717) is 5.75 Å². The number of carbonyl (C=O) groups excluding carboxylic acids is 2. The Labute approximate surface area is 158 Å². The van der Waals surface area contributed by atoms with Gasteiger partial charge < -0.3 is 24.5 Å². The van der Waals surface area contributed by atoms with Crippen LogP contribution in [0.25, 0.3) is 10.9 Å². The Balaban J connectivity index is 2.22. The molecule has 0 fully saturated rings. The summed E-state index contributed by atoms with van der Waals surface area (Å²) in [7, 11) is 1.27. The van der Waals surface area contributed by atoms with E-state index in [4.69, 9.17) is 20.6 Å². The molecule has 2 aromatic rings. The SMILES string of the molecule is C#CCOc1ccc2[nH]cc(CC(NC(=O)OC(C)(C)C)C(=O)OC)c2c1. The van der Waals surface area contributed by atoms with Crippen molar-refractivity contribution in [2.24, 2.45) is 0 Å². The number of ether oxygens (including phenoxy) is 3. The first-order valence-corrected chi connectivity index (χ1v) is 8.47. The van der Waals surface area contributed by atoms with E-state index in [0.717, 1.165) is 16.5 Å². The number of H-pyrrole nitrogens is 1. The summed E-state index contributed by atoms with van der Waals surface area (Å²) in [5.74, 6) is 2.48. The maximum atomic E-state index is 12.1. The highest BCUT2D eigenvalue weighted by molar-refractivity contribution is 5.87. The van der Waals surface area contributed by atoms with Crippen LogP contribution < -0.4 is 10.1 Å². The number of benzene rings is 1. The van der Waals surface area contributed by atoms with Gasteiger partial charge in [-0.1, -0.05) is 5.92 Å². The molecule has 0 saturated heterocycles. The summed E-state index contributed by atoms with van der Waals surface area (Å²) in [6.45, 7) is 5.40. The van der Waals surface area contributed by atoms with Gasteiger partial charge in [-0.25, -0.2) is 9.59 Å². The third-order valence-corrected chi connectivity index (χ3v) is 3.66. The minimum Gasteiger partial charge on any atom is -0.481 e. The van der Waals surface area contributed by atoms with Crippen LogP contribution >= 0.6 is 0 Å². The fourth-order valence-corrected chi connectivity index (χ4v) is 2.55. The van der Waals surface area contributed by atoms with Gasteiger partial charge in [0.2, 0.25) is 0 Å². The van der Waals surface area contributed by atoms with E-state index in [1.54, 1.807) is 33.0 Å². The number of esters is 1. The molecule has 1 heterocycles. The van der Waals surface area contributed by atoms with Crippen molar-refractivity contribution in [3.05, 3.63) is 30.0 Å². The highest BCUT2D eigenvalue weighted by Gasteiger charge is 2.26. The smallest absolute Gasteiger partial charge is 0.408 e. The number of methoxy groups -OCH3 is 1. The van der Waals surface area contributed by atoms with Crippen LogP contribution in [0, 0.1) is 12.3 Å². The molecule has 7 nitrogen and oxygen atoms in total. The van der Waals surface area contributed by atoms with Gasteiger partial charge in [-0.05, 0) is 44.5 Å². The van der Waals surface area contributed by atoms with Gasteiger partial charge in [0.25, 0.3) is 0 Å². The van der Waals surface area contributed by atoms with Gasteiger partial charge in [-0.2, -0.15) is 0 Å². The maximum absolute atomic E-state index is 12.1. The van der Waals surface area contributed by atoms with E-state index < -0.39 is 23.7 Å². The molecule has 1 aromatic heterocycles. The molecule has 0 aliphatic heterocycles. The zero-order chi connectivity index (χ0) is 20.0. The average molecular weight is 372 g/mol. The molecule has 1 aromatic carbocycles. The second kappa shape index (κ2) is 8.49. The van der Waals surface area contributed by atoms with Crippen molar-refractivity contribution in [1.29, 1.82) is 0 Å². The highest BCUT2D eigenvalue weighted by atomic mass is 16.6. The minimum absolute atomic E-state index is 0.163. The zero-order valence-electron chi connectivity index (χ0n) is 15.9. The van der Waals surface area contributed by atoms with Crippen molar-refractivity contribution in [2.45, 2.75) is 38.8 Å². The first-order chi connectivity index (χ1) is 12.7. The summed E-state index contributed by atoms with van der Waals surface area (Å²) >= 11 is 0. The Morgan fingerprint density at radius 3 is 2.70 bits per heavy atom. The fraction of sp³-hybridized carbons (Fsp3) is 0.400. The number of hydrogen-bond acceptors (Lipinski definition) is 5. The molecule has 0 aliphatic carbocycles. The van der Waals surface area contributed by atoms with E-state index in [9.17, 15) is 9.59 Å². The monoisotopic (exact) mass is 372 g/mol. The molecule has 1 atom stereocenters. The number of nitrogens with one attached hydrogen (secondary N) is 2. The van der Waals surface area contributed by atoms with E-state index >= 15 is 0 Å². The summed E-state index contributed by atoms with van der Waals surface area (Å²) in [6, 6.07) is 4.61. The Hall–Kier alpha value is -3.14. The van der Waals surface area contributed by atoms with Crippen molar-refractivity contribution in [3.63, 3.8) is 0 Å². The van der Waals surface area contributed by atoms with Crippen molar-refractivity contribution >= 4 is 23.0 Å². The lowest BCUT2D eigenvalue weighted by molar-refractivity contribution is -0.143.